The number of phenolic OH excluding ortho intramolecular Hbond substituents is 1. The number of aromatic hydroxyl groups is 1. The molecule has 2 aromatic rings. The van der Waals surface area contributed by atoms with E-state index >= 15 is 0 Å². The molecule has 1 aromatic heterocycles. The molecule has 1 N–H and O–H groups in total. The van der Waals surface area contributed by atoms with Crippen molar-refractivity contribution in [2.75, 3.05) is 6.61 Å². The molecule has 0 spiro atoms. The van der Waals surface area contributed by atoms with Gasteiger partial charge in [0.05, 0.1) is 18.7 Å². The van der Waals surface area contributed by atoms with E-state index in [-0.39, 0.29) is 18.1 Å². The van der Waals surface area contributed by atoms with Crippen molar-refractivity contribution in [2.45, 2.75) is 26.4 Å². The topological polar surface area (TPSA) is 81.5 Å². The molecule has 1 atom stereocenters. The third-order valence-corrected chi connectivity index (χ3v) is 3.43. The molecule has 1 aliphatic rings. The quantitative estimate of drug-likeness (QED) is 0.877. The van der Waals surface area contributed by atoms with Gasteiger partial charge in [0.1, 0.15) is 23.4 Å². The Morgan fingerprint density at radius 1 is 1.45 bits per heavy atom. The Hall–Kier alpha value is -2.63. The van der Waals surface area contributed by atoms with E-state index in [1.807, 2.05) is 0 Å². The zero-order valence-electron chi connectivity index (χ0n) is 12.4. The predicted octanol–water partition coefficient (Wildman–Crippen LogP) is 2.54. The first-order valence-corrected chi connectivity index (χ1v) is 7.07. The van der Waals surface area contributed by atoms with Crippen molar-refractivity contribution >= 4 is 5.97 Å². The summed E-state index contributed by atoms with van der Waals surface area (Å²) < 4.78 is 10.9. The van der Waals surface area contributed by atoms with Crippen LogP contribution in [-0.2, 0) is 9.53 Å². The highest BCUT2D eigenvalue weighted by atomic mass is 16.5. The first kappa shape index (κ1) is 14.3. The van der Waals surface area contributed by atoms with Gasteiger partial charge in [-0.15, -0.1) is 0 Å². The van der Waals surface area contributed by atoms with Crippen LogP contribution >= 0.6 is 0 Å². The van der Waals surface area contributed by atoms with Crippen molar-refractivity contribution in [3.8, 4) is 22.8 Å². The molecule has 6 heteroatoms. The molecule has 0 amide bonds. The highest BCUT2D eigenvalue weighted by Crippen LogP contribution is 2.43. The lowest BCUT2D eigenvalue weighted by molar-refractivity contribution is -0.145. The Kier molecular flexibility index (Phi) is 3.66. The summed E-state index contributed by atoms with van der Waals surface area (Å²) in [6, 6.07) is 4.81. The summed E-state index contributed by atoms with van der Waals surface area (Å²) in [7, 11) is 0. The minimum Gasteiger partial charge on any atom is -0.508 e. The zero-order chi connectivity index (χ0) is 15.7. The molecular formula is C16H16N2O4. The van der Waals surface area contributed by atoms with Gasteiger partial charge in [-0.1, -0.05) is 0 Å². The van der Waals surface area contributed by atoms with Crippen molar-refractivity contribution in [1.82, 2.24) is 9.97 Å². The highest BCUT2D eigenvalue weighted by molar-refractivity contribution is 5.76. The fraction of sp³-hybridized carbons (Fsp3) is 0.312. The number of nitrogens with zero attached hydrogens (tertiary/aromatic N) is 2. The number of carbonyl (C=O) groups excluding carboxylic acids is 1. The molecule has 3 rings (SSSR count). The molecule has 0 bridgehead atoms. The summed E-state index contributed by atoms with van der Waals surface area (Å²) in [5.41, 5.74) is 2.09. The molecule has 1 unspecified atom stereocenters. The monoisotopic (exact) mass is 300 g/mol. The van der Waals surface area contributed by atoms with Gasteiger partial charge in [0.25, 0.3) is 0 Å². The van der Waals surface area contributed by atoms with E-state index in [0.29, 0.717) is 29.4 Å². The molecular weight excluding hydrogens is 284 g/mol. The summed E-state index contributed by atoms with van der Waals surface area (Å²) in [4.78, 5) is 20.4. The Bertz CT molecular complexity index is 730. The van der Waals surface area contributed by atoms with Crippen LogP contribution in [0.4, 0.5) is 0 Å². The Balaban J connectivity index is 2.04. The molecule has 0 aliphatic carbocycles. The van der Waals surface area contributed by atoms with Gasteiger partial charge in [-0.25, -0.2) is 9.97 Å². The SMILES string of the molecule is CCOC(=O)CC1Oc2ccc(O)cc2-c2nc(C)ncc21. The van der Waals surface area contributed by atoms with Crippen LogP contribution in [0.3, 0.4) is 0 Å². The zero-order valence-corrected chi connectivity index (χ0v) is 12.4. The number of benzene rings is 1. The fourth-order valence-corrected chi connectivity index (χ4v) is 2.48. The first-order valence-electron chi connectivity index (χ1n) is 7.07. The molecule has 2 heterocycles. The van der Waals surface area contributed by atoms with Crippen LogP contribution in [-0.4, -0.2) is 27.7 Å². The van der Waals surface area contributed by atoms with Crippen LogP contribution in [0, 0.1) is 6.92 Å². The highest BCUT2D eigenvalue weighted by Gasteiger charge is 2.30. The second-order valence-electron chi connectivity index (χ2n) is 5.02. The molecule has 1 aliphatic heterocycles. The molecule has 0 radical (unpaired) electrons. The number of phenols is 1. The van der Waals surface area contributed by atoms with Crippen LogP contribution < -0.4 is 4.74 Å². The molecule has 1 aromatic carbocycles. The van der Waals surface area contributed by atoms with Crippen molar-refractivity contribution in [2.24, 2.45) is 0 Å². The summed E-state index contributed by atoms with van der Waals surface area (Å²) in [5.74, 6) is 0.997. The lowest BCUT2D eigenvalue weighted by atomic mass is 9.97. The summed E-state index contributed by atoms with van der Waals surface area (Å²) >= 11 is 0. The van der Waals surface area contributed by atoms with E-state index < -0.39 is 6.10 Å². The first-order chi connectivity index (χ1) is 10.6. The number of hydrogen-bond donors (Lipinski definition) is 1. The number of aryl methyl sites for hydroxylation is 1. The maximum absolute atomic E-state index is 11.8. The number of aromatic nitrogens is 2. The number of hydrogen-bond acceptors (Lipinski definition) is 6. The van der Waals surface area contributed by atoms with E-state index in [2.05, 4.69) is 9.97 Å². The lowest BCUT2D eigenvalue weighted by Crippen LogP contribution is -2.20. The van der Waals surface area contributed by atoms with Gasteiger partial charge in [-0.05, 0) is 32.0 Å². The Morgan fingerprint density at radius 2 is 2.27 bits per heavy atom. The van der Waals surface area contributed by atoms with Gasteiger partial charge < -0.3 is 14.6 Å². The van der Waals surface area contributed by atoms with E-state index in [4.69, 9.17) is 9.47 Å². The number of esters is 1. The minimum absolute atomic E-state index is 0.0909. The average Bonchev–Trinajstić information content (AvgIpc) is 2.48. The summed E-state index contributed by atoms with van der Waals surface area (Å²) in [6.07, 6.45) is 1.26. The fourth-order valence-electron chi connectivity index (χ4n) is 2.48. The van der Waals surface area contributed by atoms with Crippen molar-refractivity contribution in [1.29, 1.82) is 0 Å². The van der Waals surface area contributed by atoms with E-state index in [0.717, 1.165) is 5.56 Å². The second kappa shape index (κ2) is 5.63. The Morgan fingerprint density at radius 3 is 3.05 bits per heavy atom. The molecule has 22 heavy (non-hydrogen) atoms. The van der Waals surface area contributed by atoms with E-state index in [1.54, 1.807) is 38.2 Å². The second-order valence-corrected chi connectivity index (χ2v) is 5.02. The van der Waals surface area contributed by atoms with Crippen molar-refractivity contribution in [3.05, 3.63) is 35.8 Å². The maximum atomic E-state index is 11.8. The van der Waals surface area contributed by atoms with Crippen LogP contribution in [0.25, 0.3) is 11.3 Å². The van der Waals surface area contributed by atoms with Crippen LogP contribution in [0.15, 0.2) is 24.4 Å². The van der Waals surface area contributed by atoms with Gasteiger partial charge in [-0.3, -0.25) is 4.79 Å². The van der Waals surface area contributed by atoms with Gasteiger partial charge in [0, 0.05) is 17.3 Å². The minimum atomic E-state index is -0.494. The molecule has 0 saturated carbocycles. The molecule has 114 valence electrons. The van der Waals surface area contributed by atoms with Gasteiger partial charge in [-0.2, -0.15) is 0 Å². The van der Waals surface area contributed by atoms with Gasteiger partial charge >= 0.3 is 5.97 Å². The Labute approximate surface area is 127 Å². The number of rotatable bonds is 3. The summed E-state index contributed by atoms with van der Waals surface area (Å²) in [6.45, 7) is 3.88. The average molecular weight is 300 g/mol. The lowest BCUT2D eigenvalue weighted by Gasteiger charge is -2.27. The van der Waals surface area contributed by atoms with Gasteiger partial charge in [0.15, 0.2) is 0 Å². The predicted molar refractivity (Wildman–Crippen MR) is 78.5 cm³/mol. The van der Waals surface area contributed by atoms with Crippen molar-refractivity contribution < 1.29 is 19.4 Å². The van der Waals surface area contributed by atoms with E-state index in [9.17, 15) is 9.90 Å². The molecule has 0 fully saturated rings. The largest absolute Gasteiger partial charge is 0.508 e. The third-order valence-electron chi connectivity index (χ3n) is 3.43. The number of ether oxygens (including phenoxy) is 2. The van der Waals surface area contributed by atoms with Crippen LogP contribution in [0.2, 0.25) is 0 Å². The van der Waals surface area contributed by atoms with E-state index in [1.165, 1.54) is 0 Å². The van der Waals surface area contributed by atoms with Gasteiger partial charge in [0.2, 0.25) is 0 Å². The maximum Gasteiger partial charge on any atom is 0.309 e. The standard InChI is InChI=1S/C16H16N2O4/c1-3-21-15(20)7-14-12-8-17-9(2)18-16(12)11-6-10(19)4-5-13(11)22-14/h4-6,8,14,19H,3,7H2,1-2H3. The third kappa shape index (κ3) is 2.59. The smallest absolute Gasteiger partial charge is 0.309 e. The number of fused-ring (bicyclic) bond motifs is 3. The number of carbonyl (C=O) groups is 1. The molecule has 6 nitrogen and oxygen atoms in total. The summed E-state index contributed by atoms with van der Waals surface area (Å²) in [5, 5.41) is 9.69. The molecule has 0 saturated heterocycles. The van der Waals surface area contributed by atoms with Crippen molar-refractivity contribution in [3.63, 3.8) is 0 Å². The normalized spacial score (nSPS) is 15.5. The van der Waals surface area contributed by atoms with Crippen LogP contribution in [0.1, 0.15) is 30.8 Å². The van der Waals surface area contributed by atoms with Crippen LogP contribution in [0.5, 0.6) is 11.5 Å².